The number of aromatic nitrogens is 1. The van der Waals surface area contributed by atoms with Crippen molar-refractivity contribution < 1.29 is 19.5 Å². The number of pyridine rings is 1. The highest BCUT2D eigenvalue weighted by molar-refractivity contribution is 5.98. The molecule has 7 heteroatoms. The molecule has 0 aliphatic carbocycles. The van der Waals surface area contributed by atoms with Crippen LogP contribution in [0, 0.1) is 0 Å². The van der Waals surface area contributed by atoms with Gasteiger partial charge in [0.05, 0.1) is 24.0 Å². The Morgan fingerprint density at radius 1 is 1.47 bits per heavy atom. The summed E-state index contributed by atoms with van der Waals surface area (Å²) >= 11 is 0. The van der Waals surface area contributed by atoms with Crippen LogP contribution in [-0.2, 0) is 20.8 Å². The number of carbonyl (C=O) groups excluding carboxylic acids is 2. The van der Waals surface area contributed by atoms with Gasteiger partial charge in [0.1, 0.15) is 6.04 Å². The highest BCUT2D eigenvalue weighted by Gasteiger charge is 2.27. The van der Waals surface area contributed by atoms with Gasteiger partial charge in [-0.15, -0.1) is 0 Å². The first-order valence-corrected chi connectivity index (χ1v) is 5.81. The SMILES string of the molecule is O=C(O)Cc1ccc(NC(=O)C2CCC(=O)N2)cn1. The molecule has 1 aromatic rings. The molecule has 0 bridgehead atoms. The van der Waals surface area contributed by atoms with Crippen LogP contribution in [0.15, 0.2) is 18.3 Å². The predicted octanol–water partition coefficient (Wildman–Crippen LogP) is -0.0742. The van der Waals surface area contributed by atoms with E-state index >= 15 is 0 Å². The Labute approximate surface area is 109 Å². The second-order valence-corrected chi connectivity index (χ2v) is 4.26. The Balaban J connectivity index is 1.94. The standard InChI is InChI=1S/C12H13N3O4/c16-10-4-3-9(15-10)12(19)14-8-2-1-7(13-6-8)5-11(17)18/h1-2,6,9H,3-5H2,(H,14,19)(H,15,16)(H,17,18). The second kappa shape index (κ2) is 5.47. The number of carbonyl (C=O) groups is 3. The number of nitrogens with zero attached hydrogens (tertiary/aromatic N) is 1. The van der Waals surface area contributed by atoms with E-state index in [0.29, 0.717) is 24.2 Å². The van der Waals surface area contributed by atoms with Crippen LogP contribution in [0.4, 0.5) is 5.69 Å². The van der Waals surface area contributed by atoms with E-state index in [2.05, 4.69) is 15.6 Å². The zero-order valence-corrected chi connectivity index (χ0v) is 10.0. The van der Waals surface area contributed by atoms with Crippen LogP contribution in [0.3, 0.4) is 0 Å². The maximum Gasteiger partial charge on any atom is 0.309 e. The van der Waals surface area contributed by atoms with Gasteiger partial charge >= 0.3 is 5.97 Å². The van der Waals surface area contributed by atoms with E-state index in [1.54, 1.807) is 6.07 Å². The van der Waals surface area contributed by atoms with Crippen LogP contribution < -0.4 is 10.6 Å². The first-order chi connectivity index (χ1) is 9.04. The maximum absolute atomic E-state index is 11.8. The van der Waals surface area contributed by atoms with Crippen molar-refractivity contribution in [1.29, 1.82) is 0 Å². The third kappa shape index (κ3) is 3.51. The highest BCUT2D eigenvalue weighted by atomic mass is 16.4. The molecule has 0 saturated carbocycles. The molecule has 1 aromatic heterocycles. The van der Waals surface area contributed by atoms with Gasteiger partial charge in [-0.1, -0.05) is 0 Å². The normalized spacial score (nSPS) is 17.9. The molecule has 19 heavy (non-hydrogen) atoms. The molecule has 0 spiro atoms. The van der Waals surface area contributed by atoms with Gasteiger partial charge in [-0.2, -0.15) is 0 Å². The second-order valence-electron chi connectivity index (χ2n) is 4.26. The predicted molar refractivity (Wildman–Crippen MR) is 65.4 cm³/mol. The number of amides is 2. The van der Waals surface area contributed by atoms with E-state index in [1.165, 1.54) is 12.3 Å². The fraction of sp³-hybridized carbons (Fsp3) is 0.333. The van der Waals surface area contributed by atoms with Gasteiger partial charge in [0.2, 0.25) is 11.8 Å². The van der Waals surface area contributed by atoms with Gasteiger partial charge in [-0.05, 0) is 18.6 Å². The van der Waals surface area contributed by atoms with Gasteiger partial charge < -0.3 is 15.7 Å². The van der Waals surface area contributed by atoms with Crippen LogP contribution in [0.2, 0.25) is 0 Å². The first kappa shape index (κ1) is 13.0. The molecule has 0 radical (unpaired) electrons. The number of aliphatic carboxylic acids is 1. The molecule has 3 N–H and O–H groups in total. The summed E-state index contributed by atoms with van der Waals surface area (Å²) in [7, 11) is 0. The molecule has 2 rings (SSSR count). The summed E-state index contributed by atoms with van der Waals surface area (Å²) in [5, 5.41) is 13.8. The number of carboxylic acid groups (broad SMARTS) is 1. The number of nitrogens with one attached hydrogen (secondary N) is 2. The van der Waals surface area contributed by atoms with Gasteiger partial charge in [0.15, 0.2) is 0 Å². The Kier molecular flexibility index (Phi) is 3.74. The summed E-state index contributed by atoms with van der Waals surface area (Å²) in [5.41, 5.74) is 0.889. The van der Waals surface area contributed by atoms with E-state index < -0.39 is 12.0 Å². The fourth-order valence-corrected chi connectivity index (χ4v) is 1.80. The van der Waals surface area contributed by atoms with Crippen molar-refractivity contribution in [1.82, 2.24) is 10.3 Å². The summed E-state index contributed by atoms with van der Waals surface area (Å²) in [4.78, 5) is 37.2. The van der Waals surface area contributed by atoms with Gasteiger partial charge in [-0.25, -0.2) is 0 Å². The fourth-order valence-electron chi connectivity index (χ4n) is 1.80. The van der Waals surface area contributed by atoms with E-state index in [-0.39, 0.29) is 18.2 Å². The molecule has 1 fully saturated rings. The largest absolute Gasteiger partial charge is 0.481 e. The molecule has 1 unspecified atom stereocenters. The zero-order chi connectivity index (χ0) is 13.8. The summed E-state index contributed by atoms with van der Waals surface area (Å²) in [5.74, 6) is -1.38. The third-order valence-electron chi connectivity index (χ3n) is 2.74. The molecular weight excluding hydrogens is 250 g/mol. The Bertz CT molecular complexity index is 512. The molecule has 1 saturated heterocycles. The highest BCUT2D eigenvalue weighted by Crippen LogP contribution is 2.11. The van der Waals surface area contributed by atoms with Crippen molar-refractivity contribution in [2.45, 2.75) is 25.3 Å². The third-order valence-corrected chi connectivity index (χ3v) is 2.74. The number of anilines is 1. The molecule has 2 amide bonds. The lowest BCUT2D eigenvalue weighted by Gasteiger charge is -2.10. The Morgan fingerprint density at radius 3 is 2.79 bits per heavy atom. The number of carboxylic acids is 1. The Morgan fingerprint density at radius 2 is 2.26 bits per heavy atom. The molecule has 0 aromatic carbocycles. The van der Waals surface area contributed by atoms with Gasteiger partial charge in [0.25, 0.3) is 0 Å². The summed E-state index contributed by atoms with van der Waals surface area (Å²) in [6.45, 7) is 0. The summed E-state index contributed by atoms with van der Waals surface area (Å²) < 4.78 is 0. The molecule has 7 nitrogen and oxygen atoms in total. The molecule has 100 valence electrons. The van der Waals surface area contributed by atoms with Crippen LogP contribution >= 0.6 is 0 Å². The van der Waals surface area contributed by atoms with Crippen LogP contribution in [0.25, 0.3) is 0 Å². The van der Waals surface area contributed by atoms with Crippen molar-refractivity contribution in [2.24, 2.45) is 0 Å². The van der Waals surface area contributed by atoms with E-state index in [4.69, 9.17) is 5.11 Å². The molecule has 1 atom stereocenters. The average Bonchev–Trinajstić information content (AvgIpc) is 2.78. The van der Waals surface area contributed by atoms with Crippen LogP contribution in [-0.4, -0.2) is 33.9 Å². The smallest absolute Gasteiger partial charge is 0.309 e. The van der Waals surface area contributed by atoms with E-state index in [0.717, 1.165) is 0 Å². The first-order valence-electron chi connectivity index (χ1n) is 5.81. The summed E-state index contributed by atoms with van der Waals surface area (Å²) in [6, 6.07) is 2.61. The molecule has 1 aliphatic rings. The lowest BCUT2D eigenvalue weighted by atomic mass is 10.2. The van der Waals surface area contributed by atoms with E-state index in [1.807, 2.05) is 0 Å². The minimum atomic E-state index is -0.960. The Hall–Kier alpha value is -2.44. The number of hydrogen-bond donors (Lipinski definition) is 3. The van der Waals surface area contributed by atoms with Gasteiger partial charge in [-0.3, -0.25) is 19.4 Å². The number of rotatable bonds is 4. The lowest BCUT2D eigenvalue weighted by Crippen LogP contribution is -2.37. The van der Waals surface area contributed by atoms with E-state index in [9.17, 15) is 14.4 Å². The minimum Gasteiger partial charge on any atom is -0.481 e. The van der Waals surface area contributed by atoms with Crippen molar-refractivity contribution in [3.63, 3.8) is 0 Å². The van der Waals surface area contributed by atoms with Crippen molar-refractivity contribution in [3.8, 4) is 0 Å². The quantitative estimate of drug-likeness (QED) is 0.704. The summed E-state index contributed by atoms with van der Waals surface area (Å²) in [6.07, 6.45) is 2.07. The van der Waals surface area contributed by atoms with Gasteiger partial charge in [0, 0.05) is 6.42 Å². The van der Waals surface area contributed by atoms with Crippen LogP contribution in [0.5, 0.6) is 0 Å². The topological polar surface area (TPSA) is 108 Å². The van der Waals surface area contributed by atoms with Crippen molar-refractivity contribution in [3.05, 3.63) is 24.0 Å². The number of hydrogen-bond acceptors (Lipinski definition) is 4. The maximum atomic E-state index is 11.8. The molecular formula is C12H13N3O4. The van der Waals surface area contributed by atoms with Crippen molar-refractivity contribution in [2.75, 3.05) is 5.32 Å². The zero-order valence-electron chi connectivity index (χ0n) is 10.0. The monoisotopic (exact) mass is 263 g/mol. The minimum absolute atomic E-state index is 0.130. The molecule has 1 aliphatic heterocycles. The molecule has 2 heterocycles. The lowest BCUT2D eigenvalue weighted by molar-refractivity contribution is -0.136. The van der Waals surface area contributed by atoms with Crippen molar-refractivity contribution >= 4 is 23.5 Å². The van der Waals surface area contributed by atoms with Crippen LogP contribution in [0.1, 0.15) is 18.5 Å². The average molecular weight is 263 g/mol.